The van der Waals surface area contributed by atoms with Crippen molar-refractivity contribution in [2.75, 3.05) is 13.1 Å². The van der Waals surface area contributed by atoms with Gasteiger partial charge in [0.25, 0.3) is 5.56 Å². The molecule has 3 heterocycles. The van der Waals surface area contributed by atoms with E-state index in [0.717, 1.165) is 25.7 Å². The summed E-state index contributed by atoms with van der Waals surface area (Å²) in [4.78, 5) is 31.7. The van der Waals surface area contributed by atoms with E-state index in [-0.39, 0.29) is 37.0 Å². The monoisotopic (exact) mass is 438 g/mol. The van der Waals surface area contributed by atoms with Gasteiger partial charge >= 0.3 is 0 Å². The highest BCUT2D eigenvalue weighted by molar-refractivity contribution is 7.90. The normalized spacial score (nSPS) is 21.1. The van der Waals surface area contributed by atoms with Gasteiger partial charge in [-0.1, -0.05) is 12.8 Å². The molecule has 0 bridgehead atoms. The number of aromatic nitrogens is 2. The van der Waals surface area contributed by atoms with Crippen LogP contribution < -0.4 is 10.3 Å². The molecule has 158 valence electrons. The molecule has 0 radical (unpaired) electrons. The Kier molecular flexibility index (Phi) is 6.03. The maximum atomic E-state index is 12.7. The molecule has 29 heavy (non-hydrogen) atoms. The lowest BCUT2D eigenvalue weighted by Crippen LogP contribution is -2.50. The molecular weight excluding hydrogens is 412 g/mol. The summed E-state index contributed by atoms with van der Waals surface area (Å²) in [7, 11) is -3.43. The Bertz CT molecular complexity index is 1040. The number of amides is 1. The van der Waals surface area contributed by atoms with Gasteiger partial charge in [-0.15, -0.1) is 11.3 Å². The number of carbonyl (C=O) groups is 1. The van der Waals surface area contributed by atoms with Crippen molar-refractivity contribution in [2.45, 2.75) is 62.8 Å². The van der Waals surface area contributed by atoms with Gasteiger partial charge in [0.05, 0.1) is 17.0 Å². The number of piperidine rings is 1. The van der Waals surface area contributed by atoms with E-state index in [1.807, 2.05) is 5.38 Å². The summed E-state index contributed by atoms with van der Waals surface area (Å²) < 4.78 is 29.8. The fraction of sp³-hybridized carbons (Fsp3) is 0.632. The zero-order valence-corrected chi connectivity index (χ0v) is 17.9. The second kappa shape index (κ2) is 8.53. The van der Waals surface area contributed by atoms with Crippen LogP contribution in [0.4, 0.5) is 0 Å². The van der Waals surface area contributed by atoms with Crippen LogP contribution in [0.15, 0.2) is 22.6 Å². The summed E-state index contributed by atoms with van der Waals surface area (Å²) in [6, 6.07) is 1.78. The predicted octanol–water partition coefficient (Wildman–Crippen LogP) is 1.70. The molecule has 8 nitrogen and oxygen atoms in total. The molecule has 0 spiro atoms. The Morgan fingerprint density at radius 2 is 2.03 bits per heavy atom. The van der Waals surface area contributed by atoms with Crippen molar-refractivity contribution in [1.29, 1.82) is 0 Å². The first-order valence-corrected chi connectivity index (χ1v) is 12.6. The van der Waals surface area contributed by atoms with Crippen molar-refractivity contribution in [1.82, 2.24) is 19.2 Å². The highest BCUT2D eigenvalue weighted by Crippen LogP contribution is 2.22. The molecule has 1 unspecified atom stereocenters. The van der Waals surface area contributed by atoms with Gasteiger partial charge in [-0.05, 0) is 37.1 Å². The maximum absolute atomic E-state index is 12.7. The Morgan fingerprint density at radius 3 is 2.83 bits per heavy atom. The first-order chi connectivity index (χ1) is 13.9. The van der Waals surface area contributed by atoms with Crippen LogP contribution in [0.3, 0.4) is 0 Å². The number of thiophene rings is 1. The number of hydrogen-bond donors (Lipinski definition) is 1. The standard InChI is InChI=1S/C19H26N4O4S2/c24-17(7-10-23-13-20-18-16(19(23)25)8-11-28-18)22-9-3-6-15(12-22)29(26,27)21-14-4-1-2-5-14/h8,11,13-15,21H,1-7,9-10,12H2. The fourth-order valence-electron chi connectivity index (χ4n) is 4.22. The minimum absolute atomic E-state index is 0.0393. The summed E-state index contributed by atoms with van der Waals surface area (Å²) in [6.45, 7) is 1.02. The highest BCUT2D eigenvalue weighted by atomic mass is 32.2. The molecule has 4 rings (SSSR count). The summed E-state index contributed by atoms with van der Waals surface area (Å²) in [6.07, 6.45) is 6.79. The third-order valence-corrected chi connectivity index (χ3v) is 8.62. The van der Waals surface area contributed by atoms with Gasteiger partial charge in [-0.25, -0.2) is 18.1 Å². The molecule has 1 atom stereocenters. The highest BCUT2D eigenvalue weighted by Gasteiger charge is 2.34. The molecule has 10 heteroatoms. The minimum atomic E-state index is -3.43. The van der Waals surface area contributed by atoms with E-state index >= 15 is 0 Å². The molecular formula is C19H26N4O4S2. The molecule has 1 N–H and O–H groups in total. The van der Waals surface area contributed by atoms with Crippen molar-refractivity contribution in [3.8, 4) is 0 Å². The molecule has 2 fully saturated rings. The number of fused-ring (bicyclic) bond motifs is 1. The number of nitrogens with one attached hydrogen (secondary N) is 1. The van der Waals surface area contributed by atoms with Crippen LogP contribution >= 0.6 is 11.3 Å². The Hall–Kier alpha value is -1.78. The van der Waals surface area contributed by atoms with Gasteiger partial charge in [-0.3, -0.25) is 14.2 Å². The number of likely N-dealkylation sites (tertiary alicyclic amines) is 1. The molecule has 1 amide bonds. The van der Waals surface area contributed by atoms with E-state index in [2.05, 4.69) is 9.71 Å². The molecule has 1 aliphatic carbocycles. The van der Waals surface area contributed by atoms with Crippen LogP contribution in [-0.4, -0.2) is 53.2 Å². The zero-order valence-electron chi connectivity index (χ0n) is 16.2. The molecule has 0 aromatic carbocycles. The van der Waals surface area contributed by atoms with Crippen molar-refractivity contribution in [3.05, 3.63) is 28.1 Å². The Balaban J connectivity index is 1.36. The van der Waals surface area contributed by atoms with Gasteiger partial charge in [0.2, 0.25) is 15.9 Å². The largest absolute Gasteiger partial charge is 0.341 e. The number of carbonyl (C=O) groups excluding carboxylic acids is 1. The minimum Gasteiger partial charge on any atom is -0.341 e. The first-order valence-electron chi connectivity index (χ1n) is 10.2. The summed E-state index contributed by atoms with van der Waals surface area (Å²) in [5.41, 5.74) is -0.149. The number of rotatable bonds is 6. The van der Waals surface area contributed by atoms with Crippen molar-refractivity contribution in [3.63, 3.8) is 0 Å². The van der Waals surface area contributed by atoms with Gasteiger partial charge < -0.3 is 4.90 Å². The van der Waals surface area contributed by atoms with E-state index in [9.17, 15) is 18.0 Å². The van der Waals surface area contributed by atoms with Crippen molar-refractivity contribution < 1.29 is 13.2 Å². The van der Waals surface area contributed by atoms with E-state index in [0.29, 0.717) is 29.6 Å². The molecule has 2 aliphatic rings. The number of hydrogen-bond acceptors (Lipinski definition) is 6. The lowest BCUT2D eigenvalue weighted by molar-refractivity contribution is -0.132. The van der Waals surface area contributed by atoms with Crippen molar-refractivity contribution >= 4 is 37.5 Å². The topological polar surface area (TPSA) is 101 Å². The SMILES string of the molecule is O=C(CCn1cnc2sccc2c1=O)N1CCCC(S(=O)(=O)NC2CCCC2)C1. The van der Waals surface area contributed by atoms with E-state index < -0.39 is 15.3 Å². The average molecular weight is 439 g/mol. The van der Waals surface area contributed by atoms with E-state index in [1.165, 1.54) is 22.2 Å². The van der Waals surface area contributed by atoms with Crippen LogP contribution in [0, 0.1) is 0 Å². The second-order valence-electron chi connectivity index (χ2n) is 7.88. The lowest BCUT2D eigenvalue weighted by Gasteiger charge is -2.33. The van der Waals surface area contributed by atoms with E-state index in [4.69, 9.17) is 0 Å². The van der Waals surface area contributed by atoms with Crippen molar-refractivity contribution in [2.24, 2.45) is 0 Å². The molecule has 1 saturated carbocycles. The quantitative estimate of drug-likeness (QED) is 0.740. The molecule has 1 saturated heterocycles. The van der Waals surface area contributed by atoms with Crippen LogP contribution in [0.1, 0.15) is 44.9 Å². The fourth-order valence-corrected chi connectivity index (χ4v) is 6.69. The Labute approximate surface area is 174 Å². The van der Waals surface area contributed by atoms with Gasteiger partial charge in [0, 0.05) is 32.1 Å². The number of aryl methyl sites for hydroxylation is 1. The molecule has 1 aliphatic heterocycles. The summed E-state index contributed by atoms with van der Waals surface area (Å²) in [5.74, 6) is -0.122. The van der Waals surface area contributed by atoms with Gasteiger partial charge in [0.15, 0.2) is 0 Å². The van der Waals surface area contributed by atoms with Crippen LogP contribution in [0.25, 0.3) is 10.2 Å². The van der Waals surface area contributed by atoms with Crippen LogP contribution in [0.2, 0.25) is 0 Å². The lowest BCUT2D eigenvalue weighted by atomic mass is 10.1. The van der Waals surface area contributed by atoms with Gasteiger partial charge in [0.1, 0.15) is 4.83 Å². The van der Waals surface area contributed by atoms with Gasteiger partial charge in [-0.2, -0.15) is 0 Å². The summed E-state index contributed by atoms with van der Waals surface area (Å²) in [5, 5.41) is 1.82. The smallest absolute Gasteiger partial charge is 0.262 e. The third kappa shape index (κ3) is 4.54. The molecule has 2 aromatic rings. The maximum Gasteiger partial charge on any atom is 0.262 e. The summed E-state index contributed by atoms with van der Waals surface area (Å²) >= 11 is 1.41. The zero-order chi connectivity index (χ0) is 20.4. The Morgan fingerprint density at radius 1 is 1.24 bits per heavy atom. The molecule has 2 aromatic heterocycles. The van der Waals surface area contributed by atoms with Crippen LogP contribution in [0.5, 0.6) is 0 Å². The third-order valence-electron chi connectivity index (χ3n) is 5.87. The first kappa shape index (κ1) is 20.5. The number of nitrogens with zero attached hydrogens (tertiary/aromatic N) is 3. The number of sulfonamides is 1. The van der Waals surface area contributed by atoms with Crippen LogP contribution in [-0.2, 0) is 21.4 Å². The van der Waals surface area contributed by atoms with E-state index in [1.54, 1.807) is 11.0 Å². The average Bonchev–Trinajstić information content (AvgIpc) is 3.39. The second-order valence-corrected chi connectivity index (χ2v) is 10.8. The predicted molar refractivity (Wildman–Crippen MR) is 112 cm³/mol.